The van der Waals surface area contributed by atoms with E-state index >= 15 is 0 Å². The number of hydrogen-bond acceptors (Lipinski definition) is 4. The van der Waals surface area contributed by atoms with E-state index in [1.807, 2.05) is 6.07 Å². The van der Waals surface area contributed by atoms with Crippen LogP contribution in [0.15, 0.2) is 21.7 Å². The molecule has 0 saturated carbocycles. The van der Waals surface area contributed by atoms with Gasteiger partial charge in [0.05, 0.1) is 5.39 Å². The Kier molecular flexibility index (Phi) is 4.25. The second kappa shape index (κ2) is 5.76. The SMILES string of the molecule is Cl.Cn1c(=O)[nH]c(=O)c2ccc(C3CCCNC3)nc21. The van der Waals surface area contributed by atoms with Gasteiger partial charge in [-0.25, -0.2) is 9.78 Å². The number of nitrogens with one attached hydrogen (secondary N) is 2. The minimum absolute atomic E-state index is 0. The van der Waals surface area contributed by atoms with Crippen LogP contribution in [-0.4, -0.2) is 27.6 Å². The number of aromatic amines is 1. The van der Waals surface area contributed by atoms with E-state index in [1.165, 1.54) is 4.57 Å². The van der Waals surface area contributed by atoms with Crippen LogP contribution in [-0.2, 0) is 7.05 Å². The summed E-state index contributed by atoms with van der Waals surface area (Å²) in [5, 5.41) is 3.80. The molecular formula is C13H17ClN4O2. The first-order valence-corrected chi connectivity index (χ1v) is 6.47. The largest absolute Gasteiger partial charge is 0.329 e. The fourth-order valence-corrected chi connectivity index (χ4v) is 2.57. The lowest BCUT2D eigenvalue weighted by Crippen LogP contribution is -2.31. The van der Waals surface area contributed by atoms with Crippen LogP contribution in [0.25, 0.3) is 11.0 Å². The number of H-pyrrole nitrogens is 1. The zero-order valence-corrected chi connectivity index (χ0v) is 12.0. The Bertz CT molecular complexity index is 731. The van der Waals surface area contributed by atoms with Crippen LogP contribution >= 0.6 is 12.4 Å². The molecule has 1 unspecified atom stereocenters. The molecule has 2 N–H and O–H groups in total. The smallest absolute Gasteiger partial charge is 0.316 e. The van der Waals surface area contributed by atoms with Crippen molar-refractivity contribution < 1.29 is 0 Å². The van der Waals surface area contributed by atoms with Gasteiger partial charge in [0.25, 0.3) is 5.56 Å². The van der Waals surface area contributed by atoms with Gasteiger partial charge in [-0.3, -0.25) is 14.3 Å². The standard InChI is InChI=1S/C13H16N4O2.ClH/c1-17-11-9(12(18)16-13(17)19)4-5-10(15-11)8-3-2-6-14-7-8;/h4-5,8,14H,2-3,6-7H2,1H3,(H,16,18,19);1H. The minimum atomic E-state index is -0.427. The van der Waals surface area contributed by atoms with Crippen molar-refractivity contribution in [1.29, 1.82) is 0 Å². The van der Waals surface area contributed by atoms with Gasteiger partial charge in [0.2, 0.25) is 0 Å². The molecule has 1 aliphatic heterocycles. The summed E-state index contributed by atoms with van der Waals surface area (Å²) in [5.41, 5.74) is 0.597. The Morgan fingerprint density at radius 1 is 1.35 bits per heavy atom. The number of pyridine rings is 1. The van der Waals surface area contributed by atoms with Crippen LogP contribution in [0.5, 0.6) is 0 Å². The van der Waals surface area contributed by atoms with Crippen LogP contribution in [0, 0.1) is 0 Å². The molecule has 0 radical (unpaired) electrons. The van der Waals surface area contributed by atoms with Crippen LogP contribution in [0.1, 0.15) is 24.5 Å². The van der Waals surface area contributed by atoms with Crippen molar-refractivity contribution in [3.63, 3.8) is 0 Å². The molecule has 1 atom stereocenters. The number of aryl methyl sites for hydroxylation is 1. The van der Waals surface area contributed by atoms with Crippen molar-refractivity contribution in [2.45, 2.75) is 18.8 Å². The zero-order valence-electron chi connectivity index (χ0n) is 11.2. The fraction of sp³-hybridized carbons (Fsp3) is 0.462. The van der Waals surface area contributed by atoms with Crippen LogP contribution in [0.4, 0.5) is 0 Å². The van der Waals surface area contributed by atoms with E-state index in [1.54, 1.807) is 13.1 Å². The van der Waals surface area contributed by atoms with Crippen molar-refractivity contribution in [3.8, 4) is 0 Å². The molecule has 0 aromatic carbocycles. The van der Waals surface area contributed by atoms with E-state index in [9.17, 15) is 9.59 Å². The predicted molar refractivity (Wildman–Crippen MR) is 79.7 cm³/mol. The fourth-order valence-electron chi connectivity index (χ4n) is 2.57. The first kappa shape index (κ1) is 14.7. The molecule has 2 aromatic heterocycles. The molecule has 1 fully saturated rings. The number of nitrogens with zero attached hydrogens (tertiary/aromatic N) is 2. The molecule has 1 aliphatic rings. The molecule has 3 rings (SSSR count). The summed E-state index contributed by atoms with van der Waals surface area (Å²) in [7, 11) is 1.62. The van der Waals surface area contributed by atoms with E-state index in [0.717, 1.165) is 31.6 Å². The number of aromatic nitrogens is 3. The summed E-state index contributed by atoms with van der Waals surface area (Å²) in [4.78, 5) is 30.1. The third kappa shape index (κ3) is 2.48. The third-order valence-electron chi connectivity index (χ3n) is 3.70. The van der Waals surface area contributed by atoms with Crippen molar-refractivity contribution in [1.82, 2.24) is 19.9 Å². The Morgan fingerprint density at radius 2 is 2.15 bits per heavy atom. The number of halogens is 1. The monoisotopic (exact) mass is 296 g/mol. The average molecular weight is 297 g/mol. The molecule has 108 valence electrons. The number of hydrogen-bond donors (Lipinski definition) is 2. The summed E-state index contributed by atoms with van der Waals surface area (Å²) >= 11 is 0. The summed E-state index contributed by atoms with van der Waals surface area (Å²) in [6.45, 7) is 1.94. The van der Waals surface area contributed by atoms with Crippen LogP contribution < -0.4 is 16.6 Å². The topological polar surface area (TPSA) is 79.8 Å². The van der Waals surface area contributed by atoms with Gasteiger partial charge in [-0.2, -0.15) is 0 Å². The highest BCUT2D eigenvalue weighted by molar-refractivity contribution is 5.85. The van der Waals surface area contributed by atoms with Crippen LogP contribution in [0.2, 0.25) is 0 Å². The van der Waals surface area contributed by atoms with Gasteiger partial charge >= 0.3 is 5.69 Å². The molecule has 6 nitrogen and oxygen atoms in total. The van der Waals surface area contributed by atoms with Crippen molar-refractivity contribution >= 4 is 23.4 Å². The van der Waals surface area contributed by atoms with Gasteiger partial charge in [-0.15, -0.1) is 12.4 Å². The lowest BCUT2D eigenvalue weighted by Gasteiger charge is -2.22. The first-order chi connectivity index (χ1) is 9.16. The van der Waals surface area contributed by atoms with Gasteiger partial charge < -0.3 is 5.32 Å². The van der Waals surface area contributed by atoms with Gasteiger partial charge in [-0.1, -0.05) is 0 Å². The second-order valence-corrected chi connectivity index (χ2v) is 4.97. The molecule has 1 saturated heterocycles. The van der Waals surface area contributed by atoms with Crippen LogP contribution in [0.3, 0.4) is 0 Å². The zero-order chi connectivity index (χ0) is 13.4. The third-order valence-corrected chi connectivity index (χ3v) is 3.70. The summed E-state index contributed by atoms with van der Waals surface area (Å²) < 4.78 is 1.39. The van der Waals surface area contributed by atoms with Gasteiger partial charge in [0.1, 0.15) is 5.65 Å². The van der Waals surface area contributed by atoms with Crippen molar-refractivity contribution in [2.24, 2.45) is 7.05 Å². The van der Waals surface area contributed by atoms with E-state index in [4.69, 9.17) is 0 Å². The lowest BCUT2D eigenvalue weighted by molar-refractivity contribution is 0.455. The Morgan fingerprint density at radius 3 is 2.85 bits per heavy atom. The van der Waals surface area contributed by atoms with Gasteiger partial charge in [-0.05, 0) is 31.5 Å². The van der Waals surface area contributed by atoms with Gasteiger partial charge in [0, 0.05) is 25.2 Å². The number of rotatable bonds is 1. The molecule has 0 spiro atoms. The van der Waals surface area contributed by atoms with Gasteiger partial charge in [0.15, 0.2) is 0 Å². The molecule has 0 bridgehead atoms. The molecule has 3 heterocycles. The normalized spacial score (nSPS) is 18.8. The van der Waals surface area contributed by atoms with E-state index in [2.05, 4.69) is 15.3 Å². The average Bonchev–Trinajstić information content (AvgIpc) is 2.45. The molecule has 0 aliphatic carbocycles. The summed E-state index contributed by atoms with van der Waals surface area (Å²) in [5.74, 6) is 0.354. The maximum absolute atomic E-state index is 11.7. The van der Waals surface area contributed by atoms with E-state index in [-0.39, 0.29) is 18.0 Å². The molecule has 2 aromatic rings. The van der Waals surface area contributed by atoms with Crippen molar-refractivity contribution in [3.05, 3.63) is 38.7 Å². The first-order valence-electron chi connectivity index (χ1n) is 6.47. The minimum Gasteiger partial charge on any atom is -0.316 e. The molecule has 0 amide bonds. The number of piperidine rings is 1. The maximum Gasteiger partial charge on any atom is 0.329 e. The molecule has 7 heteroatoms. The molecular weight excluding hydrogens is 280 g/mol. The molecule has 20 heavy (non-hydrogen) atoms. The quantitative estimate of drug-likeness (QED) is 0.804. The number of fused-ring (bicyclic) bond motifs is 1. The highest BCUT2D eigenvalue weighted by Crippen LogP contribution is 2.22. The Balaban J connectivity index is 0.00000147. The lowest BCUT2D eigenvalue weighted by atomic mass is 9.95. The van der Waals surface area contributed by atoms with Crippen molar-refractivity contribution in [2.75, 3.05) is 13.1 Å². The Labute approximate surface area is 121 Å². The summed E-state index contributed by atoms with van der Waals surface area (Å²) in [6.07, 6.45) is 2.21. The maximum atomic E-state index is 11.7. The highest BCUT2D eigenvalue weighted by atomic mass is 35.5. The highest BCUT2D eigenvalue weighted by Gasteiger charge is 2.17. The summed E-state index contributed by atoms with van der Waals surface area (Å²) in [6, 6.07) is 3.64. The van der Waals surface area contributed by atoms with E-state index in [0.29, 0.717) is 17.0 Å². The Hall–Kier alpha value is -1.66. The second-order valence-electron chi connectivity index (χ2n) is 4.97. The predicted octanol–water partition coefficient (Wildman–Crippen LogP) is 0.511. The van der Waals surface area contributed by atoms with E-state index < -0.39 is 5.69 Å².